The number of aryl methyl sites for hydroxylation is 1. The number of hydrogen-bond acceptors (Lipinski definition) is 3. The molecule has 0 spiro atoms. The van der Waals surface area contributed by atoms with E-state index in [2.05, 4.69) is 10.3 Å². The van der Waals surface area contributed by atoms with Crippen LogP contribution in [0.1, 0.15) is 31.7 Å². The second-order valence-corrected chi connectivity index (χ2v) is 5.24. The molecule has 5 nitrogen and oxygen atoms in total. The minimum Gasteiger partial charge on any atom is -0.357 e. The SMILES string of the molecule is CNC(=O)[C@]1(CCCc2ccncc2)CCN1C(C)=O. The Morgan fingerprint density at radius 2 is 2.10 bits per heavy atom. The first kappa shape index (κ1) is 14.5. The number of nitrogens with one attached hydrogen (secondary N) is 1. The molecule has 0 radical (unpaired) electrons. The highest BCUT2D eigenvalue weighted by Crippen LogP contribution is 2.35. The standard InChI is InChI=1S/C15H21N3O2/c1-12(19)18-11-8-15(18,14(20)16-2)7-3-4-13-5-9-17-10-6-13/h5-6,9-10H,3-4,7-8,11H2,1-2H3,(H,16,20)/t15-/m0/s1. The molecule has 0 unspecified atom stereocenters. The summed E-state index contributed by atoms with van der Waals surface area (Å²) in [6.07, 6.45) is 6.77. The van der Waals surface area contributed by atoms with Crippen LogP contribution in [-0.2, 0) is 16.0 Å². The fourth-order valence-electron chi connectivity index (χ4n) is 2.93. The maximum absolute atomic E-state index is 12.2. The van der Waals surface area contributed by atoms with Crippen LogP contribution in [0.25, 0.3) is 0 Å². The number of carbonyl (C=O) groups is 2. The van der Waals surface area contributed by atoms with Gasteiger partial charge < -0.3 is 10.2 Å². The summed E-state index contributed by atoms with van der Waals surface area (Å²) < 4.78 is 0. The normalized spacial score (nSPS) is 21.2. The number of pyridine rings is 1. The average molecular weight is 275 g/mol. The third-order valence-corrected chi connectivity index (χ3v) is 4.10. The van der Waals surface area contributed by atoms with Gasteiger partial charge in [-0.2, -0.15) is 0 Å². The smallest absolute Gasteiger partial charge is 0.245 e. The molecule has 5 heteroatoms. The molecular weight excluding hydrogens is 254 g/mol. The third-order valence-electron chi connectivity index (χ3n) is 4.10. The first-order valence-electron chi connectivity index (χ1n) is 6.99. The molecule has 1 saturated heterocycles. The summed E-state index contributed by atoms with van der Waals surface area (Å²) in [6, 6.07) is 3.96. The largest absolute Gasteiger partial charge is 0.357 e. The van der Waals surface area contributed by atoms with Crippen molar-refractivity contribution in [1.29, 1.82) is 0 Å². The zero-order chi connectivity index (χ0) is 14.6. The van der Waals surface area contributed by atoms with Gasteiger partial charge in [-0.15, -0.1) is 0 Å². The Kier molecular flexibility index (Phi) is 4.37. The summed E-state index contributed by atoms with van der Waals surface area (Å²) in [7, 11) is 1.63. The Morgan fingerprint density at radius 1 is 1.40 bits per heavy atom. The van der Waals surface area contributed by atoms with Gasteiger partial charge in [0.15, 0.2) is 0 Å². The third kappa shape index (κ3) is 2.66. The van der Waals surface area contributed by atoms with Crippen LogP contribution in [0.5, 0.6) is 0 Å². The topological polar surface area (TPSA) is 62.3 Å². The van der Waals surface area contributed by atoms with Crippen molar-refractivity contribution in [3.05, 3.63) is 30.1 Å². The summed E-state index contributed by atoms with van der Waals surface area (Å²) in [5.41, 5.74) is 0.578. The molecule has 0 saturated carbocycles. The van der Waals surface area contributed by atoms with Crippen LogP contribution in [0.2, 0.25) is 0 Å². The highest BCUT2D eigenvalue weighted by Gasteiger charge is 2.51. The predicted molar refractivity (Wildman–Crippen MR) is 76.0 cm³/mol. The van der Waals surface area contributed by atoms with Crippen LogP contribution in [0.3, 0.4) is 0 Å². The summed E-state index contributed by atoms with van der Waals surface area (Å²) in [5.74, 6) is -0.0718. The lowest BCUT2D eigenvalue weighted by atomic mass is 9.78. The number of likely N-dealkylation sites (tertiary alicyclic amines) is 1. The molecule has 1 aliphatic heterocycles. The summed E-state index contributed by atoms with van der Waals surface area (Å²) in [4.78, 5) is 29.5. The Morgan fingerprint density at radius 3 is 2.60 bits per heavy atom. The fourth-order valence-corrected chi connectivity index (χ4v) is 2.93. The molecule has 0 aliphatic carbocycles. The van der Waals surface area contributed by atoms with Gasteiger partial charge in [-0.05, 0) is 43.4 Å². The lowest BCUT2D eigenvalue weighted by Gasteiger charge is -2.51. The molecular formula is C15H21N3O2. The van der Waals surface area contributed by atoms with Crippen LogP contribution < -0.4 is 5.32 Å². The van der Waals surface area contributed by atoms with E-state index >= 15 is 0 Å². The van der Waals surface area contributed by atoms with Gasteiger partial charge in [0, 0.05) is 32.9 Å². The van der Waals surface area contributed by atoms with E-state index in [1.807, 2.05) is 12.1 Å². The molecule has 1 atom stereocenters. The van der Waals surface area contributed by atoms with Gasteiger partial charge in [0.25, 0.3) is 0 Å². The van der Waals surface area contributed by atoms with Gasteiger partial charge in [-0.3, -0.25) is 14.6 Å². The first-order valence-corrected chi connectivity index (χ1v) is 6.99. The quantitative estimate of drug-likeness (QED) is 0.876. The molecule has 20 heavy (non-hydrogen) atoms. The fraction of sp³-hybridized carbons (Fsp3) is 0.533. The highest BCUT2D eigenvalue weighted by molar-refractivity contribution is 5.92. The van der Waals surface area contributed by atoms with Gasteiger partial charge in [0.2, 0.25) is 11.8 Å². The van der Waals surface area contributed by atoms with E-state index in [0.717, 1.165) is 19.3 Å². The number of aromatic nitrogens is 1. The molecule has 1 aromatic heterocycles. The number of likely N-dealkylation sites (N-methyl/N-ethyl adjacent to an activating group) is 1. The molecule has 1 fully saturated rings. The summed E-state index contributed by atoms with van der Waals surface area (Å²) >= 11 is 0. The second kappa shape index (κ2) is 6.03. The van der Waals surface area contributed by atoms with Crippen LogP contribution in [0.15, 0.2) is 24.5 Å². The molecule has 1 aromatic rings. The molecule has 2 rings (SSSR count). The van der Waals surface area contributed by atoms with Crippen LogP contribution in [0, 0.1) is 0 Å². The van der Waals surface area contributed by atoms with Gasteiger partial charge in [0.1, 0.15) is 5.54 Å². The van der Waals surface area contributed by atoms with Crippen molar-refractivity contribution in [1.82, 2.24) is 15.2 Å². The second-order valence-electron chi connectivity index (χ2n) is 5.24. The maximum atomic E-state index is 12.2. The number of amides is 2. The Bertz CT molecular complexity index is 489. The van der Waals surface area contributed by atoms with Crippen LogP contribution in [-0.4, -0.2) is 40.8 Å². The first-order chi connectivity index (χ1) is 9.60. The van der Waals surface area contributed by atoms with E-state index in [1.165, 1.54) is 12.5 Å². The van der Waals surface area contributed by atoms with Crippen molar-refractivity contribution < 1.29 is 9.59 Å². The molecule has 0 aromatic carbocycles. The number of carbonyl (C=O) groups excluding carboxylic acids is 2. The Hall–Kier alpha value is -1.91. The van der Waals surface area contributed by atoms with E-state index < -0.39 is 5.54 Å². The molecule has 1 N–H and O–H groups in total. The van der Waals surface area contributed by atoms with Crippen molar-refractivity contribution in [2.45, 2.75) is 38.1 Å². The summed E-state index contributed by atoms with van der Waals surface area (Å²) in [5, 5.41) is 2.70. The number of nitrogens with zero attached hydrogens (tertiary/aromatic N) is 2. The monoisotopic (exact) mass is 275 g/mol. The molecule has 2 amide bonds. The zero-order valence-corrected chi connectivity index (χ0v) is 12.1. The van der Waals surface area contributed by atoms with Crippen molar-refractivity contribution in [2.24, 2.45) is 0 Å². The van der Waals surface area contributed by atoms with Crippen molar-refractivity contribution in [3.8, 4) is 0 Å². The lowest BCUT2D eigenvalue weighted by Crippen LogP contribution is -2.68. The van der Waals surface area contributed by atoms with Crippen LogP contribution in [0.4, 0.5) is 0 Å². The van der Waals surface area contributed by atoms with Gasteiger partial charge in [0.05, 0.1) is 0 Å². The van der Waals surface area contributed by atoms with Crippen LogP contribution >= 0.6 is 0 Å². The molecule has 2 heterocycles. The average Bonchev–Trinajstić information content (AvgIpc) is 2.42. The van der Waals surface area contributed by atoms with Crippen molar-refractivity contribution in [2.75, 3.05) is 13.6 Å². The summed E-state index contributed by atoms with van der Waals surface area (Å²) in [6.45, 7) is 2.21. The maximum Gasteiger partial charge on any atom is 0.245 e. The number of rotatable bonds is 5. The van der Waals surface area contributed by atoms with Gasteiger partial charge in [-0.25, -0.2) is 0 Å². The molecule has 1 aliphatic rings. The number of hydrogen-bond donors (Lipinski definition) is 1. The predicted octanol–water partition coefficient (Wildman–Crippen LogP) is 1.14. The van der Waals surface area contributed by atoms with Crippen molar-refractivity contribution in [3.63, 3.8) is 0 Å². The highest BCUT2D eigenvalue weighted by atomic mass is 16.2. The van der Waals surface area contributed by atoms with Crippen molar-refractivity contribution >= 4 is 11.8 Å². The Balaban J connectivity index is 1.99. The van der Waals surface area contributed by atoms with E-state index in [1.54, 1.807) is 24.3 Å². The molecule has 108 valence electrons. The minimum atomic E-state index is -0.631. The van der Waals surface area contributed by atoms with E-state index in [9.17, 15) is 9.59 Å². The molecule has 0 bridgehead atoms. The zero-order valence-electron chi connectivity index (χ0n) is 12.1. The Labute approximate surface area is 119 Å². The van der Waals surface area contributed by atoms with E-state index in [0.29, 0.717) is 13.0 Å². The van der Waals surface area contributed by atoms with E-state index in [4.69, 9.17) is 0 Å². The van der Waals surface area contributed by atoms with Gasteiger partial charge >= 0.3 is 0 Å². The lowest BCUT2D eigenvalue weighted by molar-refractivity contribution is -0.158. The van der Waals surface area contributed by atoms with E-state index in [-0.39, 0.29) is 11.8 Å². The minimum absolute atomic E-state index is 0.0243. The van der Waals surface area contributed by atoms with Gasteiger partial charge in [-0.1, -0.05) is 0 Å².